The van der Waals surface area contributed by atoms with Crippen LogP contribution in [0.4, 0.5) is 5.95 Å². The molecule has 1 aromatic carbocycles. The lowest BCUT2D eigenvalue weighted by atomic mass is 9.73. The van der Waals surface area contributed by atoms with Crippen LogP contribution in [0.15, 0.2) is 42.7 Å². The van der Waals surface area contributed by atoms with Crippen molar-refractivity contribution in [2.45, 2.75) is 38.3 Å². The predicted octanol–water partition coefficient (Wildman–Crippen LogP) is 2.01. The van der Waals surface area contributed by atoms with Crippen LogP contribution in [0.2, 0.25) is 0 Å². The van der Waals surface area contributed by atoms with Crippen molar-refractivity contribution >= 4 is 11.9 Å². The molecule has 3 heterocycles. The van der Waals surface area contributed by atoms with Crippen molar-refractivity contribution in [2.24, 2.45) is 5.41 Å². The van der Waals surface area contributed by atoms with Gasteiger partial charge in [0.2, 0.25) is 11.9 Å². The maximum Gasteiger partial charge on any atom is 0.230 e. The number of nitrogens with zero attached hydrogens (tertiary/aromatic N) is 3. The van der Waals surface area contributed by atoms with Crippen molar-refractivity contribution in [3.63, 3.8) is 0 Å². The Kier molecular flexibility index (Phi) is 6.29. The van der Waals surface area contributed by atoms with Crippen LogP contribution in [-0.2, 0) is 27.1 Å². The van der Waals surface area contributed by atoms with Crippen molar-refractivity contribution in [1.29, 1.82) is 0 Å². The van der Waals surface area contributed by atoms with Gasteiger partial charge >= 0.3 is 0 Å². The van der Waals surface area contributed by atoms with Crippen LogP contribution in [0.3, 0.4) is 0 Å². The van der Waals surface area contributed by atoms with Crippen molar-refractivity contribution in [3.8, 4) is 0 Å². The Morgan fingerprint density at radius 1 is 1.23 bits per heavy atom. The number of rotatable bonds is 7. The number of amides is 1. The number of aryl methyl sites for hydroxylation is 1. The molecule has 0 spiro atoms. The molecule has 0 radical (unpaired) electrons. The monoisotopic (exact) mass is 410 g/mol. The number of carbonyl (C=O) groups excluding carboxylic acids is 1. The van der Waals surface area contributed by atoms with Gasteiger partial charge in [-0.2, -0.15) is 0 Å². The van der Waals surface area contributed by atoms with E-state index in [0.717, 1.165) is 24.0 Å². The molecule has 2 aliphatic rings. The lowest BCUT2D eigenvalue weighted by Gasteiger charge is -2.49. The molecule has 0 saturated carbocycles. The Morgan fingerprint density at radius 3 is 2.63 bits per heavy atom. The number of aromatic nitrogens is 2. The zero-order chi connectivity index (χ0) is 21.0. The van der Waals surface area contributed by atoms with Crippen LogP contribution >= 0.6 is 0 Å². The lowest BCUT2D eigenvalue weighted by Crippen LogP contribution is -2.67. The number of benzene rings is 1. The van der Waals surface area contributed by atoms with Crippen molar-refractivity contribution in [3.05, 3.63) is 53.9 Å². The Labute approximate surface area is 177 Å². The maximum absolute atomic E-state index is 13.5. The van der Waals surface area contributed by atoms with Gasteiger partial charge in [-0.05, 0) is 30.4 Å². The summed E-state index contributed by atoms with van der Waals surface area (Å²) in [4.78, 5) is 24.5. The topological polar surface area (TPSA) is 76.6 Å². The highest BCUT2D eigenvalue weighted by Gasteiger charge is 2.51. The predicted molar refractivity (Wildman–Crippen MR) is 114 cm³/mol. The van der Waals surface area contributed by atoms with Gasteiger partial charge in [0.05, 0.1) is 18.1 Å². The van der Waals surface area contributed by atoms with Crippen LogP contribution < -0.4 is 10.2 Å². The molecule has 30 heavy (non-hydrogen) atoms. The fourth-order valence-corrected chi connectivity index (χ4v) is 4.27. The van der Waals surface area contributed by atoms with Crippen LogP contribution in [0.25, 0.3) is 0 Å². The first-order valence-corrected chi connectivity index (χ1v) is 10.6. The summed E-state index contributed by atoms with van der Waals surface area (Å²) in [5, 5.41) is 3.26. The molecule has 0 unspecified atom stereocenters. The van der Waals surface area contributed by atoms with Crippen LogP contribution in [0.5, 0.6) is 0 Å². The molecule has 2 atom stereocenters. The number of hydrogen-bond acceptors (Lipinski definition) is 6. The maximum atomic E-state index is 13.5. The zero-order valence-corrected chi connectivity index (χ0v) is 17.7. The summed E-state index contributed by atoms with van der Waals surface area (Å²) in [7, 11) is 1.67. The van der Waals surface area contributed by atoms with E-state index in [9.17, 15) is 4.79 Å². The van der Waals surface area contributed by atoms with Crippen LogP contribution in [0, 0.1) is 5.41 Å². The summed E-state index contributed by atoms with van der Waals surface area (Å²) in [6.45, 7) is 4.43. The summed E-state index contributed by atoms with van der Waals surface area (Å²) in [6.07, 6.45) is 5.97. The fraction of sp³-hybridized carbons (Fsp3) is 0.522. The van der Waals surface area contributed by atoms with Crippen molar-refractivity contribution in [1.82, 2.24) is 15.3 Å². The highest BCUT2D eigenvalue weighted by molar-refractivity contribution is 5.86. The molecule has 1 N–H and O–H groups in total. The number of carbonyl (C=O) groups is 1. The quantitative estimate of drug-likeness (QED) is 0.753. The van der Waals surface area contributed by atoms with E-state index in [1.54, 1.807) is 7.11 Å². The standard InChI is InChI=1S/C23H30N4O3/c1-3-17-12-24-22(25-13-17)27-15-23(16-27,11-18-7-5-4-6-8-18)21(28)26-19-9-10-30-14-20(19)29-2/h4-8,12-13,19-20H,3,9-11,14-16H2,1-2H3,(H,26,28)/t19-,20-/m0/s1. The van der Waals surface area contributed by atoms with Crippen LogP contribution in [-0.4, -0.2) is 61.4 Å². The minimum absolute atomic E-state index is 0.0296. The van der Waals surface area contributed by atoms with Gasteiger partial charge in [0.1, 0.15) is 6.10 Å². The molecule has 7 nitrogen and oxygen atoms in total. The van der Waals surface area contributed by atoms with Gasteiger partial charge in [-0.15, -0.1) is 0 Å². The summed E-state index contributed by atoms with van der Waals surface area (Å²) >= 11 is 0. The molecule has 1 amide bonds. The fourth-order valence-electron chi connectivity index (χ4n) is 4.27. The Hall–Kier alpha value is -2.51. The third-order valence-corrected chi connectivity index (χ3v) is 6.16. The molecule has 0 bridgehead atoms. The number of hydrogen-bond donors (Lipinski definition) is 1. The number of anilines is 1. The molecule has 2 saturated heterocycles. The van der Waals surface area contributed by atoms with E-state index in [0.29, 0.717) is 38.7 Å². The largest absolute Gasteiger partial charge is 0.379 e. The first kappa shape index (κ1) is 20.8. The first-order valence-electron chi connectivity index (χ1n) is 10.6. The minimum Gasteiger partial charge on any atom is -0.379 e. The van der Waals surface area contributed by atoms with Gasteiger partial charge in [-0.25, -0.2) is 9.97 Å². The summed E-state index contributed by atoms with van der Waals surface area (Å²) in [5.41, 5.74) is 1.76. The molecule has 7 heteroatoms. The third kappa shape index (κ3) is 4.32. The number of methoxy groups -OCH3 is 1. The van der Waals surface area contributed by atoms with E-state index in [1.165, 1.54) is 0 Å². The average molecular weight is 411 g/mol. The summed E-state index contributed by atoms with van der Waals surface area (Å²) in [6, 6.07) is 10.2. The SMILES string of the molecule is CCc1cnc(N2CC(Cc3ccccc3)(C(=O)N[C@H]3CCOC[C@@H]3OC)C2)nc1. The molecule has 2 aromatic rings. The highest BCUT2D eigenvalue weighted by atomic mass is 16.5. The van der Waals surface area contributed by atoms with Crippen molar-refractivity contribution in [2.75, 3.05) is 38.3 Å². The van der Waals surface area contributed by atoms with E-state index in [-0.39, 0.29) is 18.1 Å². The number of nitrogens with one attached hydrogen (secondary N) is 1. The molecule has 4 rings (SSSR count). The summed E-state index contributed by atoms with van der Waals surface area (Å²) < 4.78 is 11.0. The van der Waals surface area contributed by atoms with E-state index in [1.807, 2.05) is 30.6 Å². The Balaban J connectivity index is 1.50. The molecular weight excluding hydrogens is 380 g/mol. The molecular formula is C23H30N4O3. The van der Waals surface area contributed by atoms with E-state index in [4.69, 9.17) is 9.47 Å². The molecule has 1 aromatic heterocycles. The molecule has 160 valence electrons. The lowest BCUT2D eigenvalue weighted by molar-refractivity contribution is -0.136. The third-order valence-electron chi connectivity index (χ3n) is 6.16. The first-order chi connectivity index (χ1) is 14.6. The van der Waals surface area contributed by atoms with E-state index < -0.39 is 5.41 Å². The molecule has 2 aliphatic heterocycles. The second-order valence-corrected chi connectivity index (χ2v) is 8.26. The normalized spacial score (nSPS) is 22.9. The van der Waals surface area contributed by atoms with Gasteiger partial charge in [-0.1, -0.05) is 37.3 Å². The van der Waals surface area contributed by atoms with Crippen molar-refractivity contribution < 1.29 is 14.3 Å². The molecule has 2 fully saturated rings. The molecule has 0 aliphatic carbocycles. The minimum atomic E-state index is -0.509. The zero-order valence-electron chi connectivity index (χ0n) is 17.7. The van der Waals surface area contributed by atoms with Gasteiger partial charge in [0.15, 0.2) is 0 Å². The summed E-state index contributed by atoms with van der Waals surface area (Å²) in [5.74, 6) is 0.756. The van der Waals surface area contributed by atoms with Crippen LogP contribution in [0.1, 0.15) is 24.5 Å². The van der Waals surface area contributed by atoms with E-state index >= 15 is 0 Å². The van der Waals surface area contributed by atoms with Gasteiger partial charge in [0, 0.05) is 39.2 Å². The Bertz CT molecular complexity index is 837. The highest BCUT2D eigenvalue weighted by Crippen LogP contribution is 2.37. The van der Waals surface area contributed by atoms with Gasteiger partial charge in [0.25, 0.3) is 0 Å². The van der Waals surface area contributed by atoms with Gasteiger partial charge < -0.3 is 19.7 Å². The number of ether oxygens (including phenoxy) is 2. The second-order valence-electron chi connectivity index (χ2n) is 8.26. The van der Waals surface area contributed by atoms with E-state index in [2.05, 4.69) is 39.2 Å². The van der Waals surface area contributed by atoms with Gasteiger partial charge in [-0.3, -0.25) is 4.79 Å². The second kappa shape index (κ2) is 9.10. The smallest absolute Gasteiger partial charge is 0.230 e. The average Bonchev–Trinajstić information content (AvgIpc) is 2.77. The Morgan fingerprint density at radius 2 is 1.97 bits per heavy atom.